The SMILES string of the molecule is COc1c2cc(c(OC)c1OC)-c1cc(ccc1O)C(O)CC(=O)CCCC2. The number of ketones is 1. The molecule has 2 aromatic rings. The number of carbonyl (C=O) groups is 1. The molecule has 1 aliphatic rings. The van der Waals surface area contributed by atoms with Crippen molar-refractivity contribution in [1.29, 1.82) is 0 Å². The normalized spacial score (nSPS) is 17.1. The Labute approximate surface area is 164 Å². The van der Waals surface area contributed by atoms with Gasteiger partial charge in [0.15, 0.2) is 11.5 Å². The summed E-state index contributed by atoms with van der Waals surface area (Å²) in [5.41, 5.74) is 2.63. The Morgan fingerprint density at radius 3 is 2.25 bits per heavy atom. The lowest BCUT2D eigenvalue weighted by atomic mass is 9.94. The first-order chi connectivity index (χ1) is 13.5. The zero-order chi connectivity index (χ0) is 20.3. The number of benzene rings is 2. The fourth-order valence-corrected chi connectivity index (χ4v) is 3.72. The lowest BCUT2D eigenvalue weighted by Gasteiger charge is -2.20. The van der Waals surface area contributed by atoms with Gasteiger partial charge in [-0.15, -0.1) is 0 Å². The number of phenols is 1. The Balaban J connectivity index is 2.29. The summed E-state index contributed by atoms with van der Waals surface area (Å²) in [5, 5.41) is 21.0. The third kappa shape index (κ3) is 3.78. The van der Waals surface area contributed by atoms with E-state index in [1.165, 1.54) is 13.2 Å². The Hall–Kier alpha value is -2.73. The smallest absolute Gasteiger partial charge is 0.204 e. The van der Waals surface area contributed by atoms with Crippen LogP contribution in [0.1, 0.15) is 42.9 Å². The van der Waals surface area contributed by atoms with E-state index < -0.39 is 6.10 Å². The summed E-state index contributed by atoms with van der Waals surface area (Å²) in [6.45, 7) is 0. The molecule has 4 bridgehead atoms. The molecule has 0 saturated heterocycles. The lowest BCUT2D eigenvalue weighted by molar-refractivity contribution is -0.121. The molecule has 0 fully saturated rings. The molecule has 2 aromatic carbocycles. The van der Waals surface area contributed by atoms with Gasteiger partial charge in [-0.25, -0.2) is 0 Å². The first-order valence-corrected chi connectivity index (χ1v) is 9.35. The molecule has 6 heteroatoms. The molecule has 1 atom stereocenters. The van der Waals surface area contributed by atoms with Gasteiger partial charge >= 0.3 is 0 Å². The zero-order valence-electron chi connectivity index (χ0n) is 16.4. The molecule has 2 N–H and O–H groups in total. The maximum atomic E-state index is 12.2. The number of aromatic hydroxyl groups is 1. The van der Waals surface area contributed by atoms with E-state index >= 15 is 0 Å². The van der Waals surface area contributed by atoms with Crippen LogP contribution in [0.3, 0.4) is 0 Å². The second kappa shape index (κ2) is 8.52. The van der Waals surface area contributed by atoms with Crippen molar-refractivity contribution in [1.82, 2.24) is 0 Å². The molecule has 28 heavy (non-hydrogen) atoms. The molecule has 0 spiro atoms. The number of Topliss-reactive ketones (excluding diaryl/α,β-unsaturated/α-hetero) is 1. The van der Waals surface area contributed by atoms with Crippen LogP contribution in [0, 0.1) is 0 Å². The van der Waals surface area contributed by atoms with Crippen LogP contribution < -0.4 is 14.2 Å². The molecular weight excluding hydrogens is 360 g/mol. The number of aryl methyl sites for hydroxylation is 1. The van der Waals surface area contributed by atoms with Crippen molar-refractivity contribution in [2.75, 3.05) is 21.3 Å². The highest BCUT2D eigenvalue weighted by molar-refractivity contribution is 5.82. The van der Waals surface area contributed by atoms with Crippen LogP contribution in [-0.2, 0) is 11.2 Å². The van der Waals surface area contributed by atoms with Gasteiger partial charge in [0.1, 0.15) is 11.5 Å². The molecular formula is C22H26O6. The van der Waals surface area contributed by atoms with Gasteiger partial charge in [0.2, 0.25) is 5.75 Å². The number of methoxy groups -OCH3 is 3. The van der Waals surface area contributed by atoms with Crippen molar-refractivity contribution in [2.24, 2.45) is 0 Å². The number of hydrogen-bond donors (Lipinski definition) is 2. The van der Waals surface area contributed by atoms with E-state index in [1.807, 2.05) is 6.07 Å². The van der Waals surface area contributed by atoms with Crippen LogP contribution in [0.25, 0.3) is 11.1 Å². The van der Waals surface area contributed by atoms with Crippen LogP contribution in [-0.4, -0.2) is 37.3 Å². The van der Waals surface area contributed by atoms with E-state index in [2.05, 4.69) is 0 Å². The second-order valence-corrected chi connectivity index (χ2v) is 6.93. The van der Waals surface area contributed by atoms with Gasteiger partial charge < -0.3 is 24.4 Å². The molecule has 0 aromatic heterocycles. The predicted octanol–water partition coefficient (Wildman–Crippen LogP) is 3.80. The fourth-order valence-electron chi connectivity index (χ4n) is 3.72. The third-order valence-corrected chi connectivity index (χ3v) is 5.15. The number of carbonyl (C=O) groups excluding carboxylic acids is 1. The number of hydrogen-bond acceptors (Lipinski definition) is 6. The van der Waals surface area contributed by atoms with Crippen LogP contribution in [0.2, 0.25) is 0 Å². The number of ether oxygens (including phenoxy) is 3. The summed E-state index contributed by atoms with van der Waals surface area (Å²) in [5.74, 6) is 1.55. The van der Waals surface area contributed by atoms with E-state index in [0.717, 1.165) is 18.4 Å². The number of aliphatic hydroxyl groups excluding tert-OH is 1. The number of aliphatic hydroxyl groups is 1. The Bertz CT molecular complexity index is 874. The van der Waals surface area contributed by atoms with Crippen molar-refractivity contribution in [3.63, 3.8) is 0 Å². The van der Waals surface area contributed by atoms with Gasteiger partial charge in [0.05, 0.1) is 27.4 Å². The summed E-state index contributed by atoms with van der Waals surface area (Å²) in [7, 11) is 4.65. The maximum Gasteiger partial charge on any atom is 0.204 e. The fraction of sp³-hybridized carbons (Fsp3) is 0.409. The average Bonchev–Trinajstić information content (AvgIpc) is 2.70. The summed E-state index contributed by atoms with van der Waals surface area (Å²) in [6, 6.07) is 6.77. The van der Waals surface area contributed by atoms with Crippen LogP contribution in [0.5, 0.6) is 23.0 Å². The van der Waals surface area contributed by atoms with Crippen molar-refractivity contribution >= 4 is 5.78 Å². The number of rotatable bonds is 3. The first kappa shape index (κ1) is 20.0. The Morgan fingerprint density at radius 2 is 1.57 bits per heavy atom. The lowest BCUT2D eigenvalue weighted by Crippen LogP contribution is -2.06. The topological polar surface area (TPSA) is 85.2 Å². The maximum absolute atomic E-state index is 12.2. The van der Waals surface area contributed by atoms with Gasteiger partial charge in [-0.3, -0.25) is 4.79 Å². The Kier molecular flexibility index (Phi) is 6.09. The van der Waals surface area contributed by atoms with Crippen LogP contribution in [0.15, 0.2) is 24.3 Å². The predicted molar refractivity (Wildman–Crippen MR) is 105 cm³/mol. The minimum Gasteiger partial charge on any atom is -0.507 e. The van der Waals surface area contributed by atoms with Gasteiger partial charge in [-0.1, -0.05) is 6.07 Å². The van der Waals surface area contributed by atoms with Gasteiger partial charge in [-0.2, -0.15) is 0 Å². The van der Waals surface area contributed by atoms with Gasteiger partial charge in [0.25, 0.3) is 0 Å². The highest BCUT2D eigenvalue weighted by Gasteiger charge is 2.24. The largest absolute Gasteiger partial charge is 0.507 e. The van der Waals surface area contributed by atoms with Crippen molar-refractivity contribution in [2.45, 2.75) is 38.2 Å². The second-order valence-electron chi connectivity index (χ2n) is 6.93. The Morgan fingerprint density at radius 1 is 0.893 bits per heavy atom. The van der Waals surface area contributed by atoms with E-state index in [9.17, 15) is 15.0 Å². The molecule has 1 aliphatic carbocycles. The molecule has 0 amide bonds. The molecule has 0 heterocycles. The monoisotopic (exact) mass is 386 g/mol. The number of phenolic OH excluding ortho intramolecular Hbond substituents is 1. The molecule has 0 saturated carbocycles. The highest BCUT2D eigenvalue weighted by Crippen LogP contribution is 2.49. The van der Waals surface area contributed by atoms with Crippen molar-refractivity contribution in [3.8, 4) is 34.1 Å². The van der Waals surface area contributed by atoms with E-state index in [4.69, 9.17) is 14.2 Å². The summed E-state index contributed by atoms with van der Waals surface area (Å²) < 4.78 is 16.8. The summed E-state index contributed by atoms with van der Waals surface area (Å²) in [4.78, 5) is 12.2. The molecule has 0 aliphatic heterocycles. The summed E-state index contributed by atoms with van der Waals surface area (Å²) in [6.07, 6.45) is 1.76. The van der Waals surface area contributed by atoms with E-state index in [1.54, 1.807) is 26.4 Å². The average molecular weight is 386 g/mol. The molecule has 6 nitrogen and oxygen atoms in total. The van der Waals surface area contributed by atoms with Crippen molar-refractivity contribution < 1.29 is 29.2 Å². The minimum absolute atomic E-state index is 0.0233. The van der Waals surface area contributed by atoms with E-state index in [-0.39, 0.29) is 18.0 Å². The molecule has 0 radical (unpaired) electrons. The minimum atomic E-state index is -0.918. The quantitative estimate of drug-likeness (QED) is 0.835. The van der Waals surface area contributed by atoms with Crippen molar-refractivity contribution in [3.05, 3.63) is 35.4 Å². The van der Waals surface area contributed by atoms with E-state index in [0.29, 0.717) is 46.8 Å². The number of fused-ring (bicyclic) bond motifs is 5. The third-order valence-electron chi connectivity index (χ3n) is 5.15. The molecule has 150 valence electrons. The zero-order valence-corrected chi connectivity index (χ0v) is 16.4. The standard InChI is InChI=1S/C22H26O6/c1-26-20-14-6-4-5-7-15(23)12-19(25)13-8-9-18(24)16(10-13)17(11-14)21(27-2)22(20)28-3/h8-11,19,24-25H,4-7,12H2,1-3H3. The first-order valence-electron chi connectivity index (χ1n) is 9.35. The van der Waals surface area contributed by atoms with Crippen LogP contribution in [0.4, 0.5) is 0 Å². The van der Waals surface area contributed by atoms with Gasteiger partial charge in [0, 0.05) is 24.0 Å². The molecule has 3 rings (SSSR count). The highest BCUT2D eigenvalue weighted by atomic mass is 16.5. The van der Waals surface area contributed by atoms with Gasteiger partial charge in [-0.05, 0) is 48.6 Å². The summed E-state index contributed by atoms with van der Waals surface area (Å²) >= 11 is 0. The molecule has 1 unspecified atom stereocenters. The van der Waals surface area contributed by atoms with Crippen LogP contribution >= 0.6 is 0 Å².